The van der Waals surface area contributed by atoms with Crippen molar-refractivity contribution in [2.45, 2.75) is 263 Å². The monoisotopic (exact) mass is 1490 g/mol. The molecule has 0 saturated heterocycles. The SMILES string of the molecule is CC(C)C(=O)Oc1ccc(CO)cc1[C@H](CCN(C(C)C)C(C)C)c1ccccc1.CC(C)C(=O)Oc1ccc(COCc2ccc(O)c([C@@H](CCN(C(C)C)C(C)C)c3ccccc3)c2)cc1[C@H](CCN(C(C)C)C(C)C)c1ccccc1.CC(C)N(CC[C@H](c1ccccc1)c1cc(CO)ccc1O)C(C)C. The van der Waals surface area contributed by atoms with Crippen LogP contribution in [-0.4, -0.2) is 126 Å². The van der Waals surface area contributed by atoms with Gasteiger partial charge in [0, 0.05) is 94.3 Å². The molecule has 0 fully saturated rings. The van der Waals surface area contributed by atoms with Crippen LogP contribution in [0.1, 0.15) is 255 Å². The highest BCUT2D eigenvalue weighted by Crippen LogP contribution is 2.41. The maximum Gasteiger partial charge on any atom is 0.313 e. The highest BCUT2D eigenvalue weighted by Gasteiger charge is 2.29. The average molecular weight is 1490 g/mol. The number of aromatic hydroxyl groups is 2. The zero-order valence-corrected chi connectivity index (χ0v) is 69.7. The van der Waals surface area contributed by atoms with Crippen LogP contribution in [-0.2, 0) is 40.8 Å². The number of phenols is 2. The van der Waals surface area contributed by atoms with Crippen LogP contribution in [0.5, 0.6) is 23.0 Å². The van der Waals surface area contributed by atoms with Gasteiger partial charge in [0.1, 0.15) is 23.0 Å². The number of carbonyl (C=O) groups is 2. The lowest BCUT2D eigenvalue weighted by Crippen LogP contribution is -2.38. The standard InChI is InChI=1S/C48H66N2O4.C26H37NO3.C22H31NO2/c1-33(2)48(52)54-47-24-22-39(30-45(47)43(41-19-15-12-16-20-41)26-28-50(36(7)8)37(9)10)32-53-31-38-21-23-46(51)44(29-38)42(40-17-13-11-14-18-40)25-27-49(34(3)4)35(5)6;1-18(2)26(29)30-25-13-12-21(17-28)16-24(25)23(22-10-8-7-9-11-22)14-15-27(19(3)4)20(5)6;1-16(2)23(17(3)4)13-12-20(19-8-6-5-7-9-19)21-14-18(15-24)10-11-22(21)25/h11-24,29-30,33-37,42-43,51H,25-28,31-32H2,1-10H3;7-13,16,18-20,23,28H,14-15,17H2,1-6H3;5-11,14,16-17,20,24-25H,12-13,15H2,1-4H3/t42-,43+;23-;20-/m011/s1. The number of esters is 2. The lowest BCUT2D eigenvalue weighted by atomic mass is 9.86. The Balaban J connectivity index is 0.000000283. The molecule has 8 rings (SSSR count). The van der Waals surface area contributed by atoms with E-state index in [1.807, 2.05) is 125 Å². The first-order chi connectivity index (χ1) is 51.9. The molecule has 592 valence electrons. The van der Waals surface area contributed by atoms with Crippen LogP contribution in [0, 0.1) is 11.8 Å². The van der Waals surface area contributed by atoms with E-state index in [4.69, 9.17) is 14.2 Å². The van der Waals surface area contributed by atoms with Crippen molar-refractivity contribution >= 4 is 11.9 Å². The fourth-order valence-electron chi connectivity index (χ4n) is 15.1. The van der Waals surface area contributed by atoms with Crippen LogP contribution in [0.4, 0.5) is 0 Å². The van der Waals surface area contributed by atoms with Crippen molar-refractivity contribution in [2.24, 2.45) is 11.8 Å². The van der Waals surface area contributed by atoms with Crippen molar-refractivity contribution in [3.05, 3.63) is 261 Å². The van der Waals surface area contributed by atoms with Gasteiger partial charge in [0.15, 0.2) is 0 Å². The fourth-order valence-corrected chi connectivity index (χ4v) is 15.1. The lowest BCUT2D eigenvalue weighted by Gasteiger charge is -2.32. The van der Waals surface area contributed by atoms with Crippen LogP contribution >= 0.6 is 0 Å². The molecule has 0 unspecified atom stereocenters. The number of nitrogens with zero attached hydrogens (tertiary/aromatic N) is 4. The van der Waals surface area contributed by atoms with E-state index < -0.39 is 0 Å². The lowest BCUT2D eigenvalue weighted by molar-refractivity contribution is -0.138. The van der Waals surface area contributed by atoms with E-state index in [1.54, 1.807) is 12.1 Å². The summed E-state index contributed by atoms with van der Waals surface area (Å²) in [6.07, 6.45) is 3.58. The van der Waals surface area contributed by atoms with Crippen molar-refractivity contribution in [1.82, 2.24) is 19.6 Å². The summed E-state index contributed by atoms with van der Waals surface area (Å²) in [4.78, 5) is 35.3. The molecule has 0 aliphatic heterocycles. The Bertz CT molecular complexity index is 3900. The molecule has 13 heteroatoms. The Kier molecular flexibility index (Phi) is 37.4. The molecule has 4 atom stereocenters. The number of benzene rings is 8. The number of hydrogen-bond donors (Lipinski definition) is 4. The first-order valence-corrected chi connectivity index (χ1v) is 40.3. The van der Waals surface area contributed by atoms with Crippen molar-refractivity contribution in [3.8, 4) is 23.0 Å². The van der Waals surface area contributed by atoms with E-state index in [1.165, 1.54) is 22.3 Å². The number of carbonyl (C=O) groups excluding carboxylic acids is 2. The van der Waals surface area contributed by atoms with Crippen LogP contribution in [0.15, 0.2) is 194 Å². The van der Waals surface area contributed by atoms with Crippen molar-refractivity contribution < 1.29 is 44.2 Å². The van der Waals surface area contributed by atoms with Crippen LogP contribution in [0.3, 0.4) is 0 Å². The average Bonchev–Trinajstić information content (AvgIpc) is 0.813. The van der Waals surface area contributed by atoms with Gasteiger partial charge in [-0.3, -0.25) is 29.2 Å². The third-order valence-corrected chi connectivity index (χ3v) is 20.9. The van der Waals surface area contributed by atoms with Crippen molar-refractivity contribution in [2.75, 3.05) is 26.2 Å². The first-order valence-electron chi connectivity index (χ1n) is 40.3. The summed E-state index contributed by atoms with van der Waals surface area (Å²) in [7, 11) is 0. The zero-order valence-electron chi connectivity index (χ0n) is 69.7. The molecular formula is C96H134N4O9. The number of ether oxygens (including phenoxy) is 3. The van der Waals surface area contributed by atoms with E-state index in [-0.39, 0.29) is 60.7 Å². The number of aliphatic hydroxyl groups excluding tert-OH is 2. The van der Waals surface area contributed by atoms with E-state index in [2.05, 4.69) is 215 Å². The molecule has 13 nitrogen and oxygen atoms in total. The Morgan fingerprint density at radius 2 is 0.532 bits per heavy atom. The normalized spacial score (nSPS) is 13.0. The second-order valence-electron chi connectivity index (χ2n) is 32.2. The Hall–Kier alpha value is -7.98. The molecule has 0 saturated carbocycles. The molecule has 0 aliphatic rings. The van der Waals surface area contributed by atoms with Gasteiger partial charge in [-0.1, -0.05) is 173 Å². The minimum absolute atomic E-state index is 0.0150. The van der Waals surface area contributed by atoms with E-state index in [0.717, 1.165) is 96.4 Å². The van der Waals surface area contributed by atoms with Crippen molar-refractivity contribution in [3.63, 3.8) is 0 Å². The van der Waals surface area contributed by atoms with Gasteiger partial charge in [-0.05, 0) is 256 Å². The van der Waals surface area contributed by atoms with Crippen molar-refractivity contribution in [1.29, 1.82) is 0 Å². The molecule has 0 aliphatic carbocycles. The van der Waals surface area contributed by atoms with Crippen LogP contribution in [0.2, 0.25) is 0 Å². The third kappa shape index (κ3) is 27.8. The molecule has 8 aromatic rings. The smallest absolute Gasteiger partial charge is 0.313 e. The van der Waals surface area contributed by atoms with Gasteiger partial charge in [0.25, 0.3) is 0 Å². The largest absolute Gasteiger partial charge is 0.508 e. The molecular weight excluding hydrogens is 1350 g/mol. The van der Waals surface area contributed by atoms with E-state index in [0.29, 0.717) is 84.5 Å². The van der Waals surface area contributed by atoms with Gasteiger partial charge in [-0.2, -0.15) is 0 Å². The number of rotatable bonds is 38. The Labute approximate surface area is 656 Å². The summed E-state index contributed by atoms with van der Waals surface area (Å²) in [6, 6.07) is 68.3. The molecule has 8 aromatic carbocycles. The topological polar surface area (TPSA) is 156 Å². The van der Waals surface area contributed by atoms with Gasteiger partial charge < -0.3 is 34.6 Å². The highest BCUT2D eigenvalue weighted by atomic mass is 16.5. The summed E-state index contributed by atoms with van der Waals surface area (Å²) in [5.41, 5.74) is 12.2. The summed E-state index contributed by atoms with van der Waals surface area (Å²) in [5.74, 6) is 1.11. The van der Waals surface area contributed by atoms with Gasteiger partial charge in [0.05, 0.1) is 38.3 Å². The summed E-state index contributed by atoms with van der Waals surface area (Å²) in [5, 5.41) is 40.9. The van der Waals surface area contributed by atoms with Gasteiger partial charge in [-0.25, -0.2) is 0 Å². The third-order valence-electron chi connectivity index (χ3n) is 20.9. The number of aliphatic hydroxyl groups is 2. The Morgan fingerprint density at radius 1 is 0.303 bits per heavy atom. The van der Waals surface area contributed by atoms with Crippen LogP contribution < -0.4 is 9.47 Å². The Morgan fingerprint density at radius 3 is 0.798 bits per heavy atom. The fraction of sp³-hybridized carbons (Fsp3) is 0.479. The maximum absolute atomic E-state index is 12.9. The maximum atomic E-state index is 12.9. The highest BCUT2D eigenvalue weighted by molar-refractivity contribution is 5.75. The van der Waals surface area contributed by atoms with Gasteiger partial charge in [-0.15, -0.1) is 0 Å². The molecule has 0 bridgehead atoms. The predicted molar refractivity (Wildman–Crippen MR) is 450 cm³/mol. The summed E-state index contributed by atoms with van der Waals surface area (Å²) < 4.78 is 18.2. The molecule has 0 heterocycles. The van der Waals surface area contributed by atoms with Crippen LogP contribution in [0.25, 0.3) is 0 Å². The number of hydrogen-bond acceptors (Lipinski definition) is 13. The summed E-state index contributed by atoms with van der Waals surface area (Å²) >= 11 is 0. The summed E-state index contributed by atoms with van der Waals surface area (Å²) in [6.45, 7) is 47.6. The molecule has 0 radical (unpaired) electrons. The molecule has 109 heavy (non-hydrogen) atoms. The minimum atomic E-state index is -0.245. The molecule has 4 N–H and O–H groups in total. The number of phenolic OH excluding ortho intramolecular Hbond substituents is 2. The molecule has 0 spiro atoms. The first kappa shape index (κ1) is 89.9. The predicted octanol–water partition coefficient (Wildman–Crippen LogP) is 20.9. The molecule has 0 aromatic heterocycles. The molecule has 0 amide bonds. The van der Waals surface area contributed by atoms with E-state index >= 15 is 0 Å². The quantitative estimate of drug-likeness (QED) is 0.0214. The van der Waals surface area contributed by atoms with Gasteiger partial charge >= 0.3 is 11.9 Å². The second kappa shape index (κ2) is 45.4. The van der Waals surface area contributed by atoms with E-state index in [9.17, 15) is 30.0 Å². The minimum Gasteiger partial charge on any atom is -0.508 e. The second-order valence-corrected chi connectivity index (χ2v) is 32.2. The zero-order chi connectivity index (χ0) is 80.0. The van der Waals surface area contributed by atoms with Gasteiger partial charge in [0.2, 0.25) is 0 Å².